The first-order chi connectivity index (χ1) is 13.5. The number of aryl methyl sites for hydroxylation is 1. The molecular formula is C22H26N2O3S. The quantitative estimate of drug-likeness (QED) is 0.544. The molecule has 0 fully saturated rings. The van der Waals surface area contributed by atoms with Crippen LogP contribution in [0.4, 0.5) is 0 Å². The van der Waals surface area contributed by atoms with Gasteiger partial charge in [-0.05, 0) is 46.0 Å². The van der Waals surface area contributed by atoms with Gasteiger partial charge < -0.3 is 10.1 Å². The minimum absolute atomic E-state index is 0.268. The number of amides is 1. The van der Waals surface area contributed by atoms with Crippen LogP contribution in [-0.4, -0.2) is 29.5 Å². The number of carbonyl (C=O) groups is 2. The molecular weight excluding hydrogens is 372 g/mol. The number of thiazole rings is 1. The zero-order valence-electron chi connectivity index (χ0n) is 16.4. The van der Waals surface area contributed by atoms with E-state index in [1.807, 2.05) is 30.3 Å². The Hall–Kier alpha value is -2.47. The van der Waals surface area contributed by atoms with Crippen molar-refractivity contribution >= 4 is 23.2 Å². The van der Waals surface area contributed by atoms with Crippen molar-refractivity contribution < 1.29 is 14.3 Å². The summed E-state index contributed by atoms with van der Waals surface area (Å²) in [5.74, 6) is -0.773. The summed E-state index contributed by atoms with van der Waals surface area (Å²) in [6.45, 7) is 3.95. The van der Waals surface area contributed by atoms with E-state index >= 15 is 0 Å². The van der Waals surface area contributed by atoms with Gasteiger partial charge in [-0.2, -0.15) is 0 Å². The highest BCUT2D eigenvalue weighted by atomic mass is 32.1. The van der Waals surface area contributed by atoms with E-state index in [1.165, 1.54) is 29.8 Å². The van der Waals surface area contributed by atoms with Crippen LogP contribution in [0.3, 0.4) is 0 Å². The molecule has 1 atom stereocenters. The first-order valence-electron chi connectivity index (χ1n) is 9.74. The lowest BCUT2D eigenvalue weighted by Crippen LogP contribution is -2.36. The zero-order valence-corrected chi connectivity index (χ0v) is 17.2. The molecule has 0 saturated carbocycles. The van der Waals surface area contributed by atoms with E-state index < -0.39 is 12.1 Å². The molecule has 28 heavy (non-hydrogen) atoms. The number of aromatic nitrogens is 1. The second-order valence-corrected chi connectivity index (χ2v) is 8.00. The Kier molecular flexibility index (Phi) is 6.98. The fourth-order valence-corrected chi connectivity index (χ4v) is 4.13. The Morgan fingerprint density at radius 3 is 2.75 bits per heavy atom. The van der Waals surface area contributed by atoms with Crippen LogP contribution in [-0.2, 0) is 9.53 Å². The Morgan fingerprint density at radius 1 is 1.25 bits per heavy atom. The summed E-state index contributed by atoms with van der Waals surface area (Å²) in [7, 11) is 0. The Morgan fingerprint density at radius 2 is 2.04 bits per heavy atom. The fourth-order valence-electron chi connectivity index (χ4n) is 3.18. The van der Waals surface area contributed by atoms with Crippen LogP contribution in [0, 0.1) is 6.92 Å². The van der Waals surface area contributed by atoms with Gasteiger partial charge in [-0.3, -0.25) is 4.79 Å². The zero-order chi connectivity index (χ0) is 19.9. The number of rotatable bonds is 7. The van der Waals surface area contributed by atoms with Crippen molar-refractivity contribution in [3.8, 4) is 10.6 Å². The van der Waals surface area contributed by atoms with Gasteiger partial charge in [0.05, 0.1) is 5.69 Å². The number of carbonyl (C=O) groups excluding carboxylic acids is 2. The molecule has 0 spiro atoms. The Labute approximate surface area is 169 Å². The lowest BCUT2D eigenvalue weighted by Gasteiger charge is -2.15. The van der Waals surface area contributed by atoms with Gasteiger partial charge in [0.2, 0.25) is 0 Å². The standard InChI is InChI=1S/C22H26N2O3S/c1-15-19(28-21(24-15)18-11-7-4-8-12-18)22(26)27-16(2)20(25)23-14-13-17-9-5-3-6-10-17/h4,7-9,11-12,16H,3,5-6,10,13-14H2,1-2H3,(H,23,25)/t16-/m1/s1. The molecule has 0 bridgehead atoms. The number of nitrogens with one attached hydrogen (secondary N) is 1. The van der Waals surface area contributed by atoms with Crippen molar-refractivity contribution in [2.24, 2.45) is 0 Å². The second-order valence-electron chi connectivity index (χ2n) is 7.00. The van der Waals surface area contributed by atoms with Crippen molar-refractivity contribution in [1.82, 2.24) is 10.3 Å². The molecule has 1 aliphatic rings. The van der Waals surface area contributed by atoms with Gasteiger partial charge in [0, 0.05) is 12.1 Å². The molecule has 1 amide bonds. The predicted octanol–water partition coefficient (Wildman–Crippen LogP) is 4.67. The minimum atomic E-state index is -0.838. The molecule has 0 radical (unpaired) electrons. The van der Waals surface area contributed by atoms with Crippen LogP contribution < -0.4 is 5.32 Å². The largest absolute Gasteiger partial charge is 0.448 e. The lowest BCUT2D eigenvalue weighted by molar-refractivity contribution is -0.129. The van der Waals surface area contributed by atoms with Crippen LogP contribution in [0.5, 0.6) is 0 Å². The van der Waals surface area contributed by atoms with Gasteiger partial charge in [-0.25, -0.2) is 9.78 Å². The summed E-state index contributed by atoms with van der Waals surface area (Å²) in [5, 5.41) is 3.63. The number of esters is 1. The highest BCUT2D eigenvalue weighted by Gasteiger charge is 2.23. The highest BCUT2D eigenvalue weighted by Crippen LogP contribution is 2.28. The van der Waals surface area contributed by atoms with Crippen LogP contribution in [0.15, 0.2) is 42.0 Å². The van der Waals surface area contributed by atoms with E-state index in [-0.39, 0.29) is 5.91 Å². The number of nitrogens with zero attached hydrogens (tertiary/aromatic N) is 1. The van der Waals surface area contributed by atoms with E-state index in [1.54, 1.807) is 13.8 Å². The molecule has 1 aliphatic carbocycles. The average molecular weight is 399 g/mol. The molecule has 148 valence electrons. The van der Waals surface area contributed by atoms with E-state index in [0.29, 0.717) is 17.1 Å². The van der Waals surface area contributed by atoms with Crippen molar-refractivity contribution in [3.05, 3.63) is 52.6 Å². The molecule has 1 heterocycles. The number of allylic oxidation sites excluding steroid dienone is 1. The second kappa shape index (κ2) is 9.64. The first-order valence-corrected chi connectivity index (χ1v) is 10.6. The Bertz CT molecular complexity index is 858. The van der Waals surface area contributed by atoms with E-state index in [0.717, 1.165) is 29.8 Å². The lowest BCUT2D eigenvalue weighted by atomic mass is 9.97. The summed E-state index contributed by atoms with van der Waals surface area (Å²) in [5.41, 5.74) is 2.98. The fraction of sp³-hybridized carbons (Fsp3) is 0.409. The Balaban J connectivity index is 1.53. The monoisotopic (exact) mass is 398 g/mol. The summed E-state index contributed by atoms with van der Waals surface area (Å²) < 4.78 is 5.38. The molecule has 0 saturated heterocycles. The number of hydrogen-bond donors (Lipinski definition) is 1. The maximum atomic E-state index is 12.5. The van der Waals surface area contributed by atoms with Gasteiger partial charge in [0.15, 0.2) is 6.10 Å². The van der Waals surface area contributed by atoms with Crippen LogP contribution >= 0.6 is 11.3 Å². The topological polar surface area (TPSA) is 68.3 Å². The molecule has 1 aromatic carbocycles. The number of ether oxygens (including phenoxy) is 1. The van der Waals surface area contributed by atoms with Gasteiger partial charge in [0.25, 0.3) is 5.91 Å². The van der Waals surface area contributed by atoms with Crippen LogP contribution in [0.25, 0.3) is 10.6 Å². The van der Waals surface area contributed by atoms with E-state index in [9.17, 15) is 9.59 Å². The molecule has 3 rings (SSSR count). The van der Waals surface area contributed by atoms with Gasteiger partial charge in [-0.1, -0.05) is 42.0 Å². The molecule has 5 nitrogen and oxygen atoms in total. The van der Waals surface area contributed by atoms with Gasteiger partial charge in [-0.15, -0.1) is 11.3 Å². The molecule has 1 N–H and O–H groups in total. The third kappa shape index (κ3) is 5.29. The third-order valence-corrected chi connectivity index (χ3v) is 5.97. The van der Waals surface area contributed by atoms with Crippen LogP contribution in [0.1, 0.15) is 54.4 Å². The molecule has 0 unspecified atom stereocenters. The molecule has 1 aromatic heterocycles. The van der Waals surface area contributed by atoms with E-state index in [4.69, 9.17) is 4.74 Å². The SMILES string of the molecule is Cc1nc(-c2ccccc2)sc1C(=O)O[C@H](C)C(=O)NCCC1=CCCCC1. The van der Waals surface area contributed by atoms with Crippen molar-refractivity contribution in [3.63, 3.8) is 0 Å². The summed E-state index contributed by atoms with van der Waals surface area (Å²) in [6.07, 6.45) is 7.04. The van der Waals surface area contributed by atoms with Crippen molar-refractivity contribution in [2.45, 2.75) is 52.1 Å². The summed E-state index contributed by atoms with van der Waals surface area (Å²) >= 11 is 1.29. The van der Waals surface area contributed by atoms with Crippen molar-refractivity contribution in [1.29, 1.82) is 0 Å². The number of benzene rings is 1. The maximum absolute atomic E-state index is 12.5. The predicted molar refractivity (Wildman–Crippen MR) is 111 cm³/mol. The third-order valence-electron chi connectivity index (χ3n) is 4.79. The molecule has 2 aromatic rings. The average Bonchev–Trinajstić information content (AvgIpc) is 3.11. The van der Waals surface area contributed by atoms with Crippen molar-refractivity contribution in [2.75, 3.05) is 6.54 Å². The molecule has 6 heteroatoms. The van der Waals surface area contributed by atoms with E-state index in [2.05, 4.69) is 16.4 Å². The summed E-state index contributed by atoms with van der Waals surface area (Å²) in [4.78, 5) is 29.7. The van der Waals surface area contributed by atoms with Crippen LogP contribution in [0.2, 0.25) is 0 Å². The van der Waals surface area contributed by atoms with Gasteiger partial charge >= 0.3 is 5.97 Å². The highest BCUT2D eigenvalue weighted by molar-refractivity contribution is 7.17. The minimum Gasteiger partial charge on any atom is -0.448 e. The molecule has 0 aliphatic heterocycles. The maximum Gasteiger partial charge on any atom is 0.351 e. The van der Waals surface area contributed by atoms with Gasteiger partial charge in [0.1, 0.15) is 9.88 Å². The number of hydrogen-bond acceptors (Lipinski definition) is 5. The first kappa shape index (κ1) is 20.3. The summed E-state index contributed by atoms with van der Waals surface area (Å²) in [6, 6.07) is 9.69. The smallest absolute Gasteiger partial charge is 0.351 e. The normalized spacial score (nSPS) is 14.9.